The van der Waals surface area contributed by atoms with Crippen molar-refractivity contribution in [1.82, 2.24) is 4.98 Å². The monoisotopic (exact) mass is 148 g/mol. The summed E-state index contributed by atoms with van der Waals surface area (Å²) in [6.45, 7) is 5.81. The van der Waals surface area contributed by atoms with Crippen molar-refractivity contribution in [1.29, 1.82) is 0 Å². The fraction of sp³-hybridized carbons (Fsp3) is 0.222. The average Bonchev–Trinajstić information content (AvgIpc) is 1.93. The van der Waals surface area contributed by atoms with Crippen LogP contribution < -0.4 is 5.73 Å². The molecular formula is C9H12N2. The Morgan fingerprint density at radius 2 is 2.36 bits per heavy atom. The van der Waals surface area contributed by atoms with Gasteiger partial charge in [-0.15, -0.1) is 0 Å². The second kappa shape index (κ2) is 3.19. The molecule has 0 spiro atoms. The van der Waals surface area contributed by atoms with Crippen LogP contribution in [0.1, 0.15) is 12.5 Å². The first-order valence-electron chi connectivity index (χ1n) is 3.53. The number of anilines is 1. The minimum atomic E-state index is 0.565. The van der Waals surface area contributed by atoms with Crippen LogP contribution in [0.25, 0.3) is 0 Å². The number of pyridine rings is 1. The third-order valence-corrected chi connectivity index (χ3v) is 1.35. The van der Waals surface area contributed by atoms with Gasteiger partial charge in [-0.1, -0.05) is 18.2 Å². The number of allylic oxidation sites excluding steroid dienone is 1. The Bertz CT molecular complexity index is 249. The lowest BCUT2D eigenvalue weighted by Crippen LogP contribution is -1.91. The zero-order valence-electron chi connectivity index (χ0n) is 6.67. The molecule has 1 rings (SSSR count). The van der Waals surface area contributed by atoms with Gasteiger partial charge in [-0.05, 0) is 25.0 Å². The van der Waals surface area contributed by atoms with Crippen molar-refractivity contribution < 1.29 is 0 Å². The molecule has 0 fully saturated rings. The van der Waals surface area contributed by atoms with Crippen LogP contribution in [0, 0.1) is 0 Å². The third kappa shape index (κ3) is 2.42. The van der Waals surface area contributed by atoms with Crippen molar-refractivity contribution in [2.24, 2.45) is 0 Å². The van der Waals surface area contributed by atoms with E-state index in [0.29, 0.717) is 5.82 Å². The number of hydrogen-bond acceptors (Lipinski definition) is 2. The molecule has 0 aliphatic rings. The second-order valence-corrected chi connectivity index (χ2v) is 2.73. The molecule has 1 aromatic rings. The quantitative estimate of drug-likeness (QED) is 0.649. The first-order valence-corrected chi connectivity index (χ1v) is 3.53. The van der Waals surface area contributed by atoms with Crippen molar-refractivity contribution in [3.63, 3.8) is 0 Å². The summed E-state index contributed by atoms with van der Waals surface area (Å²) in [6.07, 6.45) is 2.66. The van der Waals surface area contributed by atoms with Crippen LogP contribution in [0.3, 0.4) is 0 Å². The zero-order valence-corrected chi connectivity index (χ0v) is 6.67. The Hall–Kier alpha value is -1.31. The normalized spacial score (nSPS) is 9.55. The molecular weight excluding hydrogens is 136 g/mol. The SMILES string of the molecule is C=C(C)Cc1ccc(N)nc1. The number of aromatic nitrogens is 1. The molecule has 1 aromatic heterocycles. The van der Waals surface area contributed by atoms with Crippen molar-refractivity contribution in [3.8, 4) is 0 Å². The predicted molar refractivity (Wildman–Crippen MR) is 47.2 cm³/mol. The van der Waals surface area contributed by atoms with E-state index in [1.54, 1.807) is 12.3 Å². The highest BCUT2D eigenvalue weighted by atomic mass is 14.8. The lowest BCUT2D eigenvalue weighted by atomic mass is 10.1. The maximum absolute atomic E-state index is 5.42. The van der Waals surface area contributed by atoms with Gasteiger partial charge in [-0.2, -0.15) is 0 Å². The standard InChI is InChI=1S/C9H12N2/c1-7(2)5-8-3-4-9(10)11-6-8/h3-4,6H,1,5H2,2H3,(H2,10,11). The summed E-state index contributed by atoms with van der Waals surface area (Å²) in [6, 6.07) is 3.77. The van der Waals surface area contributed by atoms with E-state index in [-0.39, 0.29) is 0 Å². The van der Waals surface area contributed by atoms with Crippen molar-refractivity contribution in [2.45, 2.75) is 13.3 Å². The van der Waals surface area contributed by atoms with Gasteiger partial charge in [0, 0.05) is 6.20 Å². The summed E-state index contributed by atoms with van der Waals surface area (Å²) in [7, 11) is 0. The number of hydrogen-bond donors (Lipinski definition) is 1. The van der Waals surface area contributed by atoms with Gasteiger partial charge in [-0.25, -0.2) is 4.98 Å². The second-order valence-electron chi connectivity index (χ2n) is 2.73. The van der Waals surface area contributed by atoms with E-state index in [2.05, 4.69) is 11.6 Å². The van der Waals surface area contributed by atoms with Crippen LogP contribution in [0.2, 0.25) is 0 Å². The molecule has 0 aliphatic heterocycles. The number of rotatable bonds is 2. The molecule has 0 saturated carbocycles. The molecule has 2 heteroatoms. The highest BCUT2D eigenvalue weighted by Crippen LogP contribution is 2.05. The lowest BCUT2D eigenvalue weighted by molar-refractivity contribution is 1.12. The summed E-state index contributed by atoms with van der Waals surface area (Å²) < 4.78 is 0. The minimum absolute atomic E-state index is 0.565. The van der Waals surface area contributed by atoms with E-state index < -0.39 is 0 Å². The largest absolute Gasteiger partial charge is 0.384 e. The molecule has 2 N–H and O–H groups in total. The number of nitrogens with two attached hydrogens (primary N) is 1. The Kier molecular flexibility index (Phi) is 2.26. The molecule has 0 aromatic carbocycles. The molecule has 0 amide bonds. The summed E-state index contributed by atoms with van der Waals surface area (Å²) in [5, 5.41) is 0. The average molecular weight is 148 g/mol. The van der Waals surface area contributed by atoms with Gasteiger partial charge < -0.3 is 5.73 Å². The summed E-state index contributed by atoms with van der Waals surface area (Å²) in [5.41, 5.74) is 7.72. The molecule has 0 bridgehead atoms. The molecule has 0 unspecified atom stereocenters. The third-order valence-electron chi connectivity index (χ3n) is 1.35. The van der Waals surface area contributed by atoms with Gasteiger partial charge in [0.1, 0.15) is 5.82 Å². The van der Waals surface area contributed by atoms with Crippen LogP contribution in [-0.4, -0.2) is 4.98 Å². The highest BCUT2D eigenvalue weighted by Gasteiger charge is 1.92. The smallest absolute Gasteiger partial charge is 0.123 e. The van der Waals surface area contributed by atoms with Gasteiger partial charge in [0.05, 0.1) is 0 Å². The Morgan fingerprint density at radius 3 is 2.82 bits per heavy atom. The van der Waals surface area contributed by atoms with Crippen LogP contribution in [0.15, 0.2) is 30.5 Å². The Labute approximate surface area is 66.8 Å². The zero-order chi connectivity index (χ0) is 8.27. The predicted octanol–water partition coefficient (Wildman–Crippen LogP) is 1.78. The first-order chi connectivity index (χ1) is 5.18. The van der Waals surface area contributed by atoms with E-state index in [0.717, 1.165) is 17.6 Å². The molecule has 0 radical (unpaired) electrons. The molecule has 0 saturated heterocycles. The molecule has 58 valence electrons. The highest BCUT2D eigenvalue weighted by molar-refractivity contribution is 5.30. The summed E-state index contributed by atoms with van der Waals surface area (Å²) in [4.78, 5) is 3.97. The number of nitrogen functional groups attached to an aromatic ring is 1. The van der Waals surface area contributed by atoms with Crippen LogP contribution in [0.4, 0.5) is 5.82 Å². The molecule has 0 atom stereocenters. The van der Waals surface area contributed by atoms with Crippen LogP contribution >= 0.6 is 0 Å². The van der Waals surface area contributed by atoms with Crippen LogP contribution in [0.5, 0.6) is 0 Å². The maximum Gasteiger partial charge on any atom is 0.123 e. The minimum Gasteiger partial charge on any atom is -0.384 e. The molecule has 1 heterocycles. The van der Waals surface area contributed by atoms with E-state index in [4.69, 9.17) is 5.73 Å². The first kappa shape index (κ1) is 7.79. The van der Waals surface area contributed by atoms with Gasteiger partial charge >= 0.3 is 0 Å². The topological polar surface area (TPSA) is 38.9 Å². The van der Waals surface area contributed by atoms with E-state index in [1.165, 1.54) is 0 Å². The van der Waals surface area contributed by atoms with Crippen molar-refractivity contribution in [3.05, 3.63) is 36.0 Å². The van der Waals surface area contributed by atoms with E-state index >= 15 is 0 Å². The van der Waals surface area contributed by atoms with E-state index in [1.807, 2.05) is 13.0 Å². The lowest BCUT2D eigenvalue weighted by Gasteiger charge is -1.98. The molecule has 0 aliphatic carbocycles. The Balaban J connectivity index is 2.74. The van der Waals surface area contributed by atoms with Crippen LogP contribution in [-0.2, 0) is 6.42 Å². The summed E-state index contributed by atoms with van der Waals surface area (Å²) in [5.74, 6) is 0.565. The van der Waals surface area contributed by atoms with Gasteiger partial charge in [0.25, 0.3) is 0 Å². The van der Waals surface area contributed by atoms with Crippen molar-refractivity contribution >= 4 is 5.82 Å². The van der Waals surface area contributed by atoms with Crippen molar-refractivity contribution in [2.75, 3.05) is 5.73 Å². The van der Waals surface area contributed by atoms with Gasteiger partial charge in [0.2, 0.25) is 0 Å². The van der Waals surface area contributed by atoms with E-state index in [9.17, 15) is 0 Å². The maximum atomic E-state index is 5.42. The van der Waals surface area contributed by atoms with Gasteiger partial charge in [-0.3, -0.25) is 0 Å². The number of nitrogens with zero attached hydrogens (tertiary/aromatic N) is 1. The molecule has 2 nitrogen and oxygen atoms in total. The fourth-order valence-corrected chi connectivity index (χ4v) is 0.889. The van der Waals surface area contributed by atoms with Gasteiger partial charge in [0.15, 0.2) is 0 Å². The Morgan fingerprint density at radius 1 is 1.64 bits per heavy atom. The fourth-order valence-electron chi connectivity index (χ4n) is 0.889. The summed E-state index contributed by atoms with van der Waals surface area (Å²) >= 11 is 0. The molecule has 11 heavy (non-hydrogen) atoms.